The summed E-state index contributed by atoms with van der Waals surface area (Å²) in [5.41, 5.74) is -0.140. The number of nitrogens with zero attached hydrogens (tertiary/aromatic N) is 1. The number of carbonyl (C=O) groups is 2. The zero-order valence-electron chi connectivity index (χ0n) is 15.7. The smallest absolute Gasteiger partial charge is 0.290 e. The first-order valence-corrected chi connectivity index (χ1v) is 9.91. The Balaban J connectivity index is 0.000000758. The van der Waals surface area contributed by atoms with Crippen LogP contribution in [0.2, 0.25) is 0 Å². The molecule has 3 rings (SSSR count). The Kier molecular flexibility index (Phi) is 8.81. The summed E-state index contributed by atoms with van der Waals surface area (Å²) in [6, 6.07) is 0.364. The van der Waals surface area contributed by atoms with Crippen molar-refractivity contribution in [1.29, 1.82) is 0 Å². The Morgan fingerprint density at radius 2 is 1.85 bits per heavy atom. The van der Waals surface area contributed by atoms with Crippen molar-refractivity contribution in [3.05, 3.63) is 0 Å². The molecule has 0 radical (unpaired) electrons. The maximum atomic E-state index is 12.4. The number of amides is 1. The number of fused-ring (bicyclic) bond motifs is 1. The molecule has 2 aliphatic heterocycles. The van der Waals surface area contributed by atoms with Gasteiger partial charge in [-0.2, -0.15) is 0 Å². The van der Waals surface area contributed by atoms with Gasteiger partial charge in [0, 0.05) is 31.2 Å². The van der Waals surface area contributed by atoms with Gasteiger partial charge >= 0.3 is 0 Å². The van der Waals surface area contributed by atoms with E-state index in [1.165, 1.54) is 32.1 Å². The molecule has 3 aliphatic rings. The summed E-state index contributed by atoms with van der Waals surface area (Å²) in [4.78, 5) is 23.0. The number of carboxylic acid groups (broad SMARTS) is 1. The van der Waals surface area contributed by atoms with Crippen LogP contribution in [0.4, 0.5) is 0 Å². The van der Waals surface area contributed by atoms with Crippen molar-refractivity contribution in [2.45, 2.75) is 57.4 Å². The lowest BCUT2D eigenvalue weighted by molar-refractivity contribution is -0.123. The van der Waals surface area contributed by atoms with Gasteiger partial charge in [0.1, 0.15) is 0 Å². The zero-order chi connectivity index (χ0) is 18.8. The van der Waals surface area contributed by atoms with Crippen molar-refractivity contribution in [2.75, 3.05) is 39.5 Å². The van der Waals surface area contributed by atoms with E-state index in [4.69, 9.17) is 14.6 Å². The fourth-order valence-electron chi connectivity index (χ4n) is 4.63. The van der Waals surface area contributed by atoms with Crippen LogP contribution in [-0.4, -0.2) is 73.0 Å². The second kappa shape index (κ2) is 10.8. The van der Waals surface area contributed by atoms with Crippen LogP contribution in [0.5, 0.6) is 0 Å². The highest BCUT2D eigenvalue weighted by molar-refractivity contribution is 5.78. The first-order chi connectivity index (χ1) is 12.6. The van der Waals surface area contributed by atoms with Crippen LogP contribution < -0.4 is 5.32 Å². The predicted molar refractivity (Wildman–Crippen MR) is 97.8 cm³/mol. The van der Waals surface area contributed by atoms with Gasteiger partial charge < -0.3 is 20.3 Å². The Morgan fingerprint density at radius 1 is 1.19 bits per heavy atom. The predicted octanol–water partition coefficient (Wildman–Crippen LogP) is 1.25. The molecule has 0 aromatic rings. The number of aliphatic hydroxyl groups is 1. The summed E-state index contributed by atoms with van der Waals surface area (Å²) in [7, 11) is 0. The topological polar surface area (TPSA) is 99.1 Å². The van der Waals surface area contributed by atoms with E-state index in [1.54, 1.807) is 0 Å². The largest absolute Gasteiger partial charge is 0.483 e. The molecule has 7 heteroatoms. The van der Waals surface area contributed by atoms with E-state index >= 15 is 0 Å². The molecule has 1 aliphatic carbocycles. The molecular weight excluding hydrogens is 336 g/mol. The third-order valence-corrected chi connectivity index (χ3v) is 6.04. The minimum absolute atomic E-state index is 0.140. The van der Waals surface area contributed by atoms with Gasteiger partial charge in [-0.05, 0) is 25.2 Å². The van der Waals surface area contributed by atoms with Crippen LogP contribution in [0.1, 0.15) is 51.4 Å². The molecule has 3 fully saturated rings. The number of nitrogens with one attached hydrogen (secondary N) is 1. The zero-order valence-corrected chi connectivity index (χ0v) is 15.7. The molecule has 1 saturated carbocycles. The summed E-state index contributed by atoms with van der Waals surface area (Å²) >= 11 is 0. The van der Waals surface area contributed by atoms with Crippen LogP contribution >= 0.6 is 0 Å². The van der Waals surface area contributed by atoms with Gasteiger partial charge in [-0.25, -0.2) is 0 Å². The van der Waals surface area contributed by atoms with Gasteiger partial charge in [0.25, 0.3) is 6.47 Å². The van der Waals surface area contributed by atoms with Gasteiger partial charge in [0.05, 0.1) is 19.8 Å². The molecule has 2 saturated heterocycles. The van der Waals surface area contributed by atoms with E-state index in [2.05, 4.69) is 10.2 Å². The van der Waals surface area contributed by atoms with Gasteiger partial charge in [-0.3, -0.25) is 14.5 Å². The Bertz CT molecular complexity index is 440. The van der Waals surface area contributed by atoms with Crippen molar-refractivity contribution >= 4 is 12.4 Å². The number of carbonyl (C=O) groups excluding carboxylic acids is 1. The molecule has 2 atom stereocenters. The maximum Gasteiger partial charge on any atom is 0.290 e. The van der Waals surface area contributed by atoms with E-state index in [-0.39, 0.29) is 24.4 Å². The van der Waals surface area contributed by atoms with Gasteiger partial charge in [0.15, 0.2) is 0 Å². The molecule has 0 spiro atoms. The lowest BCUT2D eigenvalue weighted by Gasteiger charge is -2.36. The number of rotatable bonds is 4. The van der Waals surface area contributed by atoms with Gasteiger partial charge in [-0.15, -0.1) is 0 Å². The first-order valence-electron chi connectivity index (χ1n) is 9.91. The molecule has 0 bridgehead atoms. The number of aliphatic hydroxyl groups excluding tert-OH is 1. The van der Waals surface area contributed by atoms with Crippen LogP contribution in [0.25, 0.3) is 0 Å². The summed E-state index contributed by atoms with van der Waals surface area (Å²) in [6.07, 6.45) is 9.69. The average molecular weight is 370 g/mol. The van der Waals surface area contributed by atoms with Crippen molar-refractivity contribution in [2.24, 2.45) is 11.3 Å². The van der Waals surface area contributed by atoms with Crippen LogP contribution in [0.15, 0.2) is 0 Å². The van der Waals surface area contributed by atoms with Crippen molar-refractivity contribution in [3.8, 4) is 0 Å². The fraction of sp³-hybridized carbons (Fsp3) is 0.895. The van der Waals surface area contributed by atoms with Crippen molar-refractivity contribution in [1.82, 2.24) is 10.2 Å². The minimum atomic E-state index is -0.250. The summed E-state index contributed by atoms with van der Waals surface area (Å²) < 4.78 is 5.59. The molecule has 7 nitrogen and oxygen atoms in total. The number of hydrogen-bond donors (Lipinski definition) is 3. The molecule has 3 N–H and O–H groups in total. The lowest BCUT2D eigenvalue weighted by Crippen LogP contribution is -2.44. The molecule has 2 heterocycles. The third kappa shape index (κ3) is 5.93. The Hall–Kier alpha value is -1.18. The molecule has 0 aromatic heterocycles. The number of ether oxygens (including phenoxy) is 1. The number of likely N-dealkylation sites (tertiary alicyclic amines) is 1. The van der Waals surface area contributed by atoms with E-state index in [1.807, 2.05) is 0 Å². The van der Waals surface area contributed by atoms with Crippen LogP contribution in [0, 0.1) is 11.3 Å². The highest BCUT2D eigenvalue weighted by Crippen LogP contribution is 2.40. The van der Waals surface area contributed by atoms with Crippen molar-refractivity contribution in [3.63, 3.8) is 0 Å². The normalized spacial score (nSPS) is 30.3. The van der Waals surface area contributed by atoms with E-state index in [0.717, 1.165) is 39.0 Å². The fourth-order valence-corrected chi connectivity index (χ4v) is 4.63. The van der Waals surface area contributed by atoms with Crippen LogP contribution in [-0.2, 0) is 14.3 Å². The molecule has 150 valence electrons. The highest BCUT2D eigenvalue weighted by Gasteiger charge is 2.48. The Labute approximate surface area is 156 Å². The molecule has 26 heavy (non-hydrogen) atoms. The monoisotopic (exact) mass is 370 g/mol. The van der Waals surface area contributed by atoms with Crippen LogP contribution in [0.3, 0.4) is 0 Å². The average Bonchev–Trinajstić information content (AvgIpc) is 2.96. The van der Waals surface area contributed by atoms with E-state index < -0.39 is 0 Å². The molecular formula is C19H34N2O5. The third-order valence-electron chi connectivity index (χ3n) is 6.04. The lowest BCUT2D eigenvalue weighted by atomic mass is 9.76. The van der Waals surface area contributed by atoms with Gasteiger partial charge in [-0.1, -0.05) is 32.1 Å². The summed E-state index contributed by atoms with van der Waals surface area (Å²) in [5, 5.41) is 20.0. The minimum Gasteiger partial charge on any atom is -0.483 e. The first kappa shape index (κ1) is 21.1. The SMILES string of the molecule is O=C(CN1C[C@@H]2CCOC[C@]2(CO)C1)NC1CCCCCCC1.O=CO. The quantitative estimate of drug-likeness (QED) is 0.644. The molecule has 0 unspecified atom stereocenters. The molecule has 0 aromatic carbocycles. The standard InChI is InChI=1S/C18H32N2O3.CH2O2/c21-13-18-12-20(10-15(18)8-9-23-14-18)11-17(22)19-16-6-4-2-1-3-5-7-16;2-1-3/h15-16,21H,1-14H2,(H,19,22);1H,(H,2,3)/t15-,18+;/m0./s1. The Morgan fingerprint density at radius 3 is 2.46 bits per heavy atom. The second-order valence-corrected chi connectivity index (χ2v) is 7.94. The maximum absolute atomic E-state index is 12.4. The van der Waals surface area contributed by atoms with Crippen molar-refractivity contribution < 1.29 is 24.5 Å². The van der Waals surface area contributed by atoms with Gasteiger partial charge in [0.2, 0.25) is 5.91 Å². The highest BCUT2D eigenvalue weighted by atomic mass is 16.5. The molecule has 1 amide bonds. The van der Waals surface area contributed by atoms with E-state index in [9.17, 15) is 9.90 Å². The summed E-state index contributed by atoms with van der Waals surface area (Å²) in [5.74, 6) is 0.624. The van der Waals surface area contributed by atoms with E-state index in [0.29, 0.717) is 25.1 Å². The second-order valence-electron chi connectivity index (χ2n) is 7.94. The summed E-state index contributed by atoms with van der Waals surface area (Å²) in [6.45, 7) is 3.50. The number of hydrogen-bond acceptors (Lipinski definition) is 5.